The Morgan fingerprint density at radius 1 is 1.00 bits per heavy atom. The monoisotopic (exact) mass is 478 g/mol. The van der Waals surface area contributed by atoms with Gasteiger partial charge in [0.2, 0.25) is 0 Å². The van der Waals surface area contributed by atoms with Crippen molar-refractivity contribution < 1.29 is 17.6 Å². The van der Waals surface area contributed by atoms with Gasteiger partial charge in [-0.05, 0) is 48.4 Å². The first kappa shape index (κ1) is 23.2. The number of nitrogens with one attached hydrogen (secondary N) is 3. The maximum absolute atomic E-state index is 13.8. The minimum Gasteiger partial charge on any atom is -0.342 e. The lowest BCUT2D eigenvalue weighted by molar-refractivity contribution is 0.0933. The average molecular weight is 479 g/mol. The van der Waals surface area contributed by atoms with Crippen LogP contribution in [0.2, 0.25) is 0 Å². The molecule has 1 atom stereocenters. The van der Waals surface area contributed by atoms with Crippen molar-refractivity contribution in [2.75, 3.05) is 4.72 Å². The summed E-state index contributed by atoms with van der Waals surface area (Å²) >= 11 is 0. The van der Waals surface area contributed by atoms with E-state index in [0.717, 1.165) is 17.3 Å². The number of nitrogens with zero attached hydrogens (tertiary/aromatic N) is 1. The molecule has 0 bridgehead atoms. The van der Waals surface area contributed by atoms with Gasteiger partial charge in [0.15, 0.2) is 0 Å². The number of para-hydroxylation sites is 1. The highest BCUT2D eigenvalue weighted by molar-refractivity contribution is 7.92. The van der Waals surface area contributed by atoms with E-state index in [-0.39, 0.29) is 28.1 Å². The Morgan fingerprint density at radius 3 is 2.35 bits per heavy atom. The van der Waals surface area contributed by atoms with Gasteiger partial charge in [-0.15, -0.1) is 0 Å². The SMILES string of the molecule is CCC(NC(=O)c1ccc(S(=O)(=O)Nc2ccccc2F)cc1)c1ncc(-c2ccccc2)[nH]1. The summed E-state index contributed by atoms with van der Waals surface area (Å²) in [6.45, 7) is 1.93. The Balaban J connectivity index is 1.46. The van der Waals surface area contributed by atoms with E-state index in [2.05, 4.69) is 20.0 Å². The minimum atomic E-state index is -4.01. The second-order valence-corrected chi connectivity index (χ2v) is 9.27. The molecular weight excluding hydrogens is 455 g/mol. The van der Waals surface area contributed by atoms with Crippen molar-refractivity contribution in [3.05, 3.63) is 102 Å². The van der Waals surface area contributed by atoms with Gasteiger partial charge in [-0.25, -0.2) is 17.8 Å². The van der Waals surface area contributed by atoms with Crippen LogP contribution in [0.25, 0.3) is 11.3 Å². The third-order valence-electron chi connectivity index (χ3n) is 5.27. The Bertz CT molecular complexity index is 1390. The summed E-state index contributed by atoms with van der Waals surface area (Å²) in [5.41, 5.74) is 1.98. The van der Waals surface area contributed by atoms with Crippen molar-refractivity contribution in [1.82, 2.24) is 15.3 Å². The van der Waals surface area contributed by atoms with Crippen molar-refractivity contribution in [3.63, 3.8) is 0 Å². The van der Waals surface area contributed by atoms with E-state index in [4.69, 9.17) is 0 Å². The Morgan fingerprint density at radius 2 is 1.68 bits per heavy atom. The number of rotatable bonds is 8. The summed E-state index contributed by atoms with van der Waals surface area (Å²) < 4.78 is 41.2. The molecule has 174 valence electrons. The van der Waals surface area contributed by atoms with Crippen LogP contribution in [0.4, 0.5) is 10.1 Å². The molecule has 3 aromatic carbocycles. The van der Waals surface area contributed by atoms with Gasteiger partial charge in [-0.1, -0.05) is 49.4 Å². The van der Waals surface area contributed by atoms with Crippen LogP contribution in [0, 0.1) is 5.82 Å². The van der Waals surface area contributed by atoms with Gasteiger partial charge in [0.1, 0.15) is 11.6 Å². The fraction of sp³-hybridized carbons (Fsp3) is 0.120. The second kappa shape index (κ2) is 9.88. The van der Waals surface area contributed by atoms with Gasteiger partial charge in [-0.2, -0.15) is 0 Å². The minimum absolute atomic E-state index is 0.0853. The van der Waals surface area contributed by atoms with Crippen molar-refractivity contribution in [1.29, 1.82) is 0 Å². The van der Waals surface area contributed by atoms with Crippen LogP contribution in [-0.2, 0) is 10.0 Å². The van der Waals surface area contributed by atoms with E-state index in [0.29, 0.717) is 12.2 Å². The maximum Gasteiger partial charge on any atom is 0.261 e. The number of anilines is 1. The lowest BCUT2D eigenvalue weighted by atomic mass is 10.1. The summed E-state index contributed by atoms with van der Waals surface area (Å²) in [7, 11) is -4.01. The molecule has 0 spiro atoms. The first-order valence-electron chi connectivity index (χ1n) is 10.7. The second-order valence-electron chi connectivity index (χ2n) is 7.59. The predicted octanol–water partition coefficient (Wildman–Crippen LogP) is 4.90. The topological polar surface area (TPSA) is 104 Å². The van der Waals surface area contributed by atoms with E-state index >= 15 is 0 Å². The van der Waals surface area contributed by atoms with E-state index in [1.54, 1.807) is 6.20 Å². The van der Waals surface area contributed by atoms with Crippen molar-refractivity contribution in [2.24, 2.45) is 0 Å². The predicted molar refractivity (Wildman–Crippen MR) is 128 cm³/mol. The molecule has 0 aliphatic heterocycles. The molecule has 4 rings (SSSR count). The zero-order valence-corrected chi connectivity index (χ0v) is 19.1. The number of carbonyl (C=O) groups is 1. The van der Waals surface area contributed by atoms with E-state index in [1.165, 1.54) is 42.5 Å². The zero-order chi connectivity index (χ0) is 24.1. The molecule has 3 N–H and O–H groups in total. The molecule has 1 aromatic heterocycles. The van der Waals surface area contributed by atoms with Gasteiger partial charge >= 0.3 is 0 Å². The number of aromatic amines is 1. The molecule has 1 heterocycles. The molecule has 0 aliphatic carbocycles. The summed E-state index contributed by atoms with van der Waals surface area (Å²) in [6, 6.07) is 20.3. The maximum atomic E-state index is 13.8. The van der Waals surface area contributed by atoms with E-state index < -0.39 is 15.8 Å². The van der Waals surface area contributed by atoms with E-state index in [9.17, 15) is 17.6 Å². The van der Waals surface area contributed by atoms with Gasteiger partial charge in [-0.3, -0.25) is 9.52 Å². The molecule has 1 amide bonds. The number of imidazole rings is 1. The Hall–Kier alpha value is -3.98. The number of amides is 1. The summed E-state index contributed by atoms with van der Waals surface area (Å²) in [5.74, 6) is -0.417. The summed E-state index contributed by atoms with van der Waals surface area (Å²) in [5, 5.41) is 2.92. The van der Waals surface area contributed by atoms with Crippen molar-refractivity contribution in [2.45, 2.75) is 24.3 Å². The Kier molecular flexibility index (Phi) is 6.74. The number of sulfonamides is 1. The highest BCUT2D eigenvalue weighted by atomic mass is 32.2. The van der Waals surface area contributed by atoms with Crippen LogP contribution in [0.1, 0.15) is 35.6 Å². The van der Waals surface area contributed by atoms with Crippen molar-refractivity contribution in [3.8, 4) is 11.3 Å². The molecule has 1 unspecified atom stereocenters. The molecule has 0 fully saturated rings. The third kappa shape index (κ3) is 5.15. The molecule has 0 aliphatic rings. The molecule has 7 nitrogen and oxygen atoms in total. The first-order valence-corrected chi connectivity index (χ1v) is 12.1. The van der Waals surface area contributed by atoms with Crippen LogP contribution in [0.3, 0.4) is 0 Å². The van der Waals surface area contributed by atoms with Gasteiger partial charge in [0.05, 0.1) is 28.5 Å². The van der Waals surface area contributed by atoms with Crippen LogP contribution < -0.4 is 10.0 Å². The largest absolute Gasteiger partial charge is 0.342 e. The zero-order valence-electron chi connectivity index (χ0n) is 18.3. The fourth-order valence-corrected chi connectivity index (χ4v) is 4.48. The highest BCUT2D eigenvalue weighted by Crippen LogP contribution is 2.22. The molecule has 9 heteroatoms. The Labute approximate surface area is 197 Å². The number of H-pyrrole nitrogens is 1. The first-order chi connectivity index (χ1) is 16.4. The molecule has 34 heavy (non-hydrogen) atoms. The average Bonchev–Trinajstić information content (AvgIpc) is 3.34. The number of hydrogen-bond acceptors (Lipinski definition) is 4. The molecular formula is C25H23FN4O3S. The number of benzene rings is 3. The summed E-state index contributed by atoms with van der Waals surface area (Å²) in [4.78, 5) is 20.4. The third-order valence-corrected chi connectivity index (χ3v) is 6.65. The lowest BCUT2D eigenvalue weighted by Gasteiger charge is -2.15. The fourth-order valence-electron chi connectivity index (χ4n) is 3.42. The number of hydrogen-bond donors (Lipinski definition) is 3. The number of carbonyl (C=O) groups excluding carboxylic acids is 1. The van der Waals surface area contributed by atoms with E-state index in [1.807, 2.05) is 37.3 Å². The molecule has 0 saturated heterocycles. The quantitative estimate of drug-likeness (QED) is 0.335. The normalized spacial score (nSPS) is 12.2. The number of halogens is 1. The standard InChI is InChI=1S/C25H23FN4O3S/c1-2-21(24-27-16-23(28-24)17-8-4-3-5-9-17)29-25(31)18-12-14-19(15-13-18)34(32,33)30-22-11-7-6-10-20(22)26/h3-16,21,30H,2H2,1H3,(H,27,28)(H,29,31). The smallest absolute Gasteiger partial charge is 0.261 e. The van der Waals surface area contributed by atoms with Crippen LogP contribution in [0.5, 0.6) is 0 Å². The summed E-state index contributed by atoms with van der Waals surface area (Å²) in [6.07, 6.45) is 2.33. The lowest BCUT2D eigenvalue weighted by Crippen LogP contribution is -2.29. The molecule has 0 radical (unpaired) electrons. The van der Waals surface area contributed by atoms with Gasteiger partial charge < -0.3 is 10.3 Å². The van der Waals surface area contributed by atoms with Crippen molar-refractivity contribution >= 4 is 21.6 Å². The number of aromatic nitrogens is 2. The van der Waals surface area contributed by atoms with Gasteiger partial charge in [0, 0.05) is 5.56 Å². The molecule has 0 saturated carbocycles. The van der Waals surface area contributed by atoms with Crippen LogP contribution >= 0.6 is 0 Å². The van der Waals surface area contributed by atoms with Crippen LogP contribution in [0.15, 0.2) is 90.0 Å². The van der Waals surface area contributed by atoms with Crippen LogP contribution in [-0.4, -0.2) is 24.3 Å². The van der Waals surface area contributed by atoms with Gasteiger partial charge in [0.25, 0.3) is 15.9 Å². The molecule has 4 aromatic rings. The highest BCUT2D eigenvalue weighted by Gasteiger charge is 2.20.